The van der Waals surface area contributed by atoms with E-state index in [-0.39, 0.29) is 5.91 Å². The van der Waals surface area contributed by atoms with Crippen molar-refractivity contribution in [2.75, 3.05) is 14.2 Å². The first-order valence-corrected chi connectivity index (χ1v) is 8.37. The van der Waals surface area contributed by atoms with E-state index in [1.807, 2.05) is 19.1 Å². The molecular formula is C16H19ClN2O3S. The van der Waals surface area contributed by atoms with Crippen molar-refractivity contribution in [3.05, 3.63) is 43.9 Å². The Morgan fingerprint density at radius 1 is 1.39 bits per heavy atom. The molecule has 0 spiro atoms. The Kier molecular flexibility index (Phi) is 5.49. The van der Waals surface area contributed by atoms with Gasteiger partial charge in [0.15, 0.2) is 0 Å². The average Bonchev–Trinajstić information content (AvgIpc) is 3.08. The third-order valence-electron chi connectivity index (χ3n) is 3.65. The highest BCUT2D eigenvalue weighted by Gasteiger charge is 2.25. The number of nitrogens with zero attached hydrogens (tertiary/aromatic N) is 1. The van der Waals surface area contributed by atoms with Crippen molar-refractivity contribution in [1.29, 1.82) is 0 Å². The molecule has 7 heteroatoms. The molecule has 2 heterocycles. The lowest BCUT2D eigenvalue weighted by molar-refractivity contribution is 0.0599. The van der Waals surface area contributed by atoms with Crippen molar-refractivity contribution >= 4 is 34.8 Å². The molecule has 0 fully saturated rings. The maximum atomic E-state index is 12.7. The average molecular weight is 355 g/mol. The van der Waals surface area contributed by atoms with E-state index < -0.39 is 5.97 Å². The SMILES string of the molecule is CCc1[nH]c(C(=O)N(C)Cc2ccc(Cl)s2)c(C)c1C(=O)OC. The predicted octanol–water partition coefficient (Wildman–Crippen LogP) is 3.66. The van der Waals surface area contributed by atoms with Crippen molar-refractivity contribution in [1.82, 2.24) is 9.88 Å². The van der Waals surface area contributed by atoms with Crippen LogP contribution in [-0.2, 0) is 17.7 Å². The largest absolute Gasteiger partial charge is 0.465 e. The van der Waals surface area contributed by atoms with E-state index in [2.05, 4.69) is 4.98 Å². The molecule has 2 rings (SSSR count). The number of carbonyl (C=O) groups is 2. The minimum absolute atomic E-state index is 0.170. The van der Waals surface area contributed by atoms with E-state index in [4.69, 9.17) is 16.3 Å². The highest BCUT2D eigenvalue weighted by atomic mass is 35.5. The Labute approximate surface area is 144 Å². The molecule has 0 aliphatic heterocycles. The number of methoxy groups -OCH3 is 1. The topological polar surface area (TPSA) is 62.4 Å². The number of esters is 1. The van der Waals surface area contributed by atoms with Gasteiger partial charge in [0.2, 0.25) is 0 Å². The van der Waals surface area contributed by atoms with Crippen molar-refractivity contribution in [3.8, 4) is 0 Å². The number of aromatic nitrogens is 1. The van der Waals surface area contributed by atoms with Gasteiger partial charge in [-0.1, -0.05) is 18.5 Å². The summed E-state index contributed by atoms with van der Waals surface area (Å²) < 4.78 is 5.51. The number of H-pyrrole nitrogens is 1. The van der Waals surface area contributed by atoms with Gasteiger partial charge >= 0.3 is 5.97 Å². The Balaban J connectivity index is 2.28. The molecule has 0 saturated heterocycles. The van der Waals surface area contributed by atoms with Gasteiger partial charge in [0.25, 0.3) is 5.91 Å². The zero-order valence-electron chi connectivity index (χ0n) is 13.5. The molecule has 0 bridgehead atoms. The lowest BCUT2D eigenvalue weighted by atomic mass is 10.1. The third-order valence-corrected chi connectivity index (χ3v) is 4.87. The molecule has 5 nitrogen and oxygen atoms in total. The molecule has 0 aliphatic rings. The Bertz CT molecular complexity index is 736. The van der Waals surface area contributed by atoms with Crippen LogP contribution >= 0.6 is 22.9 Å². The maximum Gasteiger partial charge on any atom is 0.339 e. The molecule has 0 radical (unpaired) electrons. The van der Waals surface area contributed by atoms with Gasteiger partial charge < -0.3 is 14.6 Å². The number of nitrogens with one attached hydrogen (secondary N) is 1. The van der Waals surface area contributed by atoms with Crippen LogP contribution in [0.15, 0.2) is 12.1 Å². The zero-order chi connectivity index (χ0) is 17.1. The molecule has 0 aliphatic carbocycles. The second-order valence-electron chi connectivity index (χ2n) is 5.19. The van der Waals surface area contributed by atoms with Gasteiger partial charge in [-0.2, -0.15) is 0 Å². The van der Waals surface area contributed by atoms with Gasteiger partial charge in [-0.15, -0.1) is 11.3 Å². The molecular weight excluding hydrogens is 336 g/mol. The van der Waals surface area contributed by atoms with E-state index in [1.54, 1.807) is 18.9 Å². The van der Waals surface area contributed by atoms with E-state index in [0.29, 0.717) is 39.8 Å². The van der Waals surface area contributed by atoms with Gasteiger partial charge in [0, 0.05) is 17.6 Å². The monoisotopic (exact) mass is 354 g/mol. The summed E-state index contributed by atoms with van der Waals surface area (Å²) in [5.41, 5.74) is 2.21. The quantitative estimate of drug-likeness (QED) is 0.833. The third kappa shape index (κ3) is 3.59. The first-order valence-electron chi connectivity index (χ1n) is 7.18. The molecule has 2 aromatic heterocycles. The molecule has 23 heavy (non-hydrogen) atoms. The van der Waals surface area contributed by atoms with Crippen molar-refractivity contribution < 1.29 is 14.3 Å². The molecule has 124 valence electrons. The maximum absolute atomic E-state index is 12.7. The first kappa shape index (κ1) is 17.6. The minimum Gasteiger partial charge on any atom is -0.465 e. The number of rotatable bonds is 5. The second kappa shape index (κ2) is 7.19. The van der Waals surface area contributed by atoms with Gasteiger partial charge in [-0.05, 0) is 31.0 Å². The zero-order valence-corrected chi connectivity index (χ0v) is 15.1. The normalized spacial score (nSPS) is 10.7. The van der Waals surface area contributed by atoms with Crippen LogP contribution in [0, 0.1) is 6.92 Å². The highest BCUT2D eigenvalue weighted by molar-refractivity contribution is 7.16. The number of aryl methyl sites for hydroxylation is 1. The summed E-state index contributed by atoms with van der Waals surface area (Å²) in [5.74, 6) is -0.598. The fraction of sp³-hybridized carbons (Fsp3) is 0.375. The Hall–Kier alpha value is -1.79. The summed E-state index contributed by atoms with van der Waals surface area (Å²) in [4.78, 5) is 30.3. The predicted molar refractivity (Wildman–Crippen MR) is 91.4 cm³/mol. The van der Waals surface area contributed by atoms with Crippen LogP contribution in [0.3, 0.4) is 0 Å². The molecule has 1 amide bonds. The summed E-state index contributed by atoms with van der Waals surface area (Å²) in [5, 5.41) is 0. The van der Waals surface area contributed by atoms with Gasteiger partial charge in [-0.3, -0.25) is 4.79 Å². The molecule has 0 atom stereocenters. The van der Waals surface area contributed by atoms with Crippen LogP contribution < -0.4 is 0 Å². The van der Waals surface area contributed by atoms with E-state index in [9.17, 15) is 9.59 Å². The van der Waals surface area contributed by atoms with Gasteiger partial charge in [0.05, 0.1) is 23.6 Å². The fourth-order valence-electron chi connectivity index (χ4n) is 2.45. The van der Waals surface area contributed by atoms with Crippen molar-refractivity contribution in [2.45, 2.75) is 26.8 Å². The smallest absolute Gasteiger partial charge is 0.339 e. The number of amides is 1. The Morgan fingerprint density at radius 3 is 2.61 bits per heavy atom. The molecule has 2 aromatic rings. The van der Waals surface area contributed by atoms with Gasteiger partial charge in [0.1, 0.15) is 5.69 Å². The van der Waals surface area contributed by atoms with Crippen LogP contribution in [0.25, 0.3) is 0 Å². The summed E-state index contributed by atoms with van der Waals surface area (Å²) in [6, 6.07) is 3.71. The second-order valence-corrected chi connectivity index (χ2v) is 6.99. The molecule has 0 saturated carbocycles. The Morgan fingerprint density at radius 2 is 2.09 bits per heavy atom. The molecule has 1 N–H and O–H groups in total. The number of carbonyl (C=O) groups excluding carboxylic acids is 2. The van der Waals surface area contributed by atoms with Crippen LogP contribution in [0.4, 0.5) is 0 Å². The highest BCUT2D eigenvalue weighted by Crippen LogP contribution is 2.24. The van der Waals surface area contributed by atoms with Crippen molar-refractivity contribution in [3.63, 3.8) is 0 Å². The summed E-state index contributed by atoms with van der Waals surface area (Å²) in [6.45, 7) is 4.14. The number of ether oxygens (including phenoxy) is 1. The standard InChI is InChI=1S/C16H19ClN2O3S/c1-5-11-13(16(21)22-4)9(2)14(18-11)15(20)19(3)8-10-6-7-12(17)23-10/h6-7,18H,5,8H2,1-4H3. The van der Waals surface area contributed by atoms with E-state index in [0.717, 1.165) is 4.88 Å². The fourth-order valence-corrected chi connectivity index (χ4v) is 3.59. The summed E-state index contributed by atoms with van der Waals surface area (Å²) in [6.07, 6.45) is 0.614. The van der Waals surface area contributed by atoms with Crippen LogP contribution in [0.1, 0.15) is 43.9 Å². The number of hydrogen-bond donors (Lipinski definition) is 1. The minimum atomic E-state index is -0.428. The van der Waals surface area contributed by atoms with E-state index >= 15 is 0 Å². The van der Waals surface area contributed by atoms with Crippen LogP contribution in [-0.4, -0.2) is 35.9 Å². The summed E-state index contributed by atoms with van der Waals surface area (Å²) in [7, 11) is 3.06. The molecule has 0 unspecified atom stereocenters. The number of aromatic amines is 1. The van der Waals surface area contributed by atoms with Crippen LogP contribution in [0.5, 0.6) is 0 Å². The number of thiophene rings is 1. The van der Waals surface area contributed by atoms with Crippen molar-refractivity contribution in [2.24, 2.45) is 0 Å². The summed E-state index contributed by atoms with van der Waals surface area (Å²) >= 11 is 7.36. The first-order chi connectivity index (χ1) is 10.9. The number of halogens is 1. The van der Waals surface area contributed by atoms with Crippen LogP contribution in [0.2, 0.25) is 4.34 Å². The van der Waals surface area contributed by atoms with E-state index in [1.165, 1.54) is 18.4 Å². The number of hydrogen-bond acceptors (Lipinski definition) is 4. The van der Waals surface area contributed by atoms with Gasteiger partial charge in [-0.25, -0.2) is 4.79 Å². The molecule has 0 aromatic carbocycles. The lowest BCUT2D eigenvalue weighted by Gasteiger charge is -2.16. The lowest BCUT2D eigenvalue weighted by Crippen LogP contribution is -2.26.